The minimum absolute atomic E-state index is 0. The molecule has 0 saturated heterocycles. The molecule has 0 atom stereocenters. The number of hydrogen-bond acceptors (Lipinski definition) is 4. The van der Waals surface area contributed by atoms with Crippen molar-refractivity contribution in [2.75, 3.05) is 0 Å². The maximum absolute atomic E-state index is 10.4. The van der Waals surface area contributed by atoms with Crippen molar-refractivity contribution < 1.29 is 17.3 Å². The summed E-state index contributed by atoms with van der Waals surface area (Å²) in [5.74, 6) is 0. The lowest BCUT2D eigenvalue weighted by Gasteiger charge is -1.87. The molecule has 0 aliphatic carbocycles. The van der Waals surface area contributed by atoms with Crippen LogP contribution in [-0.2, 0) is 0 Å². The first-order valence-corrected chi connectivity index (χ1v) is 3.22. The number of rotatable bonds is 1. The molecule has 0 radical (unpaired) electrons. The summed E-state index contributed by atoms with van der Waals surface area (Å²) in [5.41, 5.74) is -0.398. The highest BCUT2D eigenvalue weighted by atomic mass is 35.5. The molecule has 1 rings (SSSR count). The van der Waals surface area contributed by atoms with Crippen molar-refractivity contribution >= 4 is 11.4 Å². The molecule has 0 unspecified atom stereocenters. The number of nitro groups is 1. The summed E-state index contributed by atoms with van der Waals surface area (Å²) in [6.45, 7) is 0. The first-order valence-electron chi connectivity index (χ1n) is 3.22. The molecular weight excluding hydrogens is 208 g/mol. The van der Waals surface area contributed by atoms with E-state index in [9.17, 15) is 10.1 Å². The van der Waals surface area contributed by atoms with Crippen LogP contribution < -0.4 is 12.4 Å². The third-order valence-corrected chi connectivity index (χ3v) is 1.41. The van der Waals surface area contributed by atoms with Gasteiger partial charge in [-0.2, -0.15) is 5.26 Å². The van der Waals surface area contributed by atoms with Crippen LogP contribution in [0.5, 0.6) is 0 Å². The fraction of sp³-hybridized carbons (Fsp3) is 0. The van der Waals surface area contributed by atoms with Crippen molar-refractivity contribution in [3.63, 3.8) is 0 Å². The third-order valence-electron chi connectivity index (χ3n) is 1.41. The summed E-state index contributed by atoms with van der Waals surface area (Å²) in [7, 11) is 0. The molecule has 6 nitrogen and oxygen atoms in total. The Hall–Kier alpha value is -2.18. The molecule has 0 fully saturated rings. The van der Waals surface area contributed by atoms with E-state index in [1.54, 1.807) is 6.07 Å². The minimum Gasteiger partial charge on any atom is -1.00 e. The monoisotopic (exact) mass is 210 g/mol. The Kier molecular flexibility index (Phi) is 4.01. The van der Waals surface area contributed by atoms with Crippen molar-refractivity contribution in [2.24, 2.45) is 0 Å². The Bertz CT molecular complexity index is 446. The molecule has 0 bridgehead atoms. The topological polar surface area (TPSA) is 95.1 Å². The smallest absolute Gasteiger partial charge is 0.461 e. The van der Waals surface area contributed by atoms with Gasteiger partial charge in [0.1, 0.15) is 0 Å². The molecule has 0 heterocycles. The van der Waals surface area contributed by atoms with Crippen LogP contribution in [0.1, 0.15) is 5.56 Å². The Morgan fingerprint density at radius 2 is 2.14 bits per heavy atom. The second-order valence-corrected chi connectivity index (χ2v) is 2.17. The van der Waals surface area contributed by atoms with Gasteiger partial charge in [-0.05, 0) is 6.07 Å². The Balaban J connectivity index is 0.00000169. The van der Waals surface area contributed by atoms with Gasteiger partial charge in [0.25, 0.3) is 0 Å². The van der Waals surface area contributed by atoms with E-state index in [4.69, 9.17) is 10.7 Å². The fourth-order valence-corrected chi connectivity index (χ4v) is 0.824. The average molecular weight is 211 g/mol. The van der Waals surface area contributed by atoms with Gasteiger partial charge in [-0.15, -0.1) is 0 Å². The SMILES string of the molecule is N#Cc1ccc([N+]#N)c([N+](=O)[O-])c1.[Cl-]. The number of diazo groups is 1. The Morgan fingerprint density at radius 1 is 1.50 bits per heavy atom. The van der Waals surface area contributed by atoms with Crippen molar-refractivity contribution in [2.45, 2.75) is 0 Å². The van der Waals surface area contributed by atoms with Gasteiger partial charge in [0.2, 0.25) is 5.39 Å². The molecule has 0 saturated carbocycles. The predicted octanol–water partition coefficient (Wildman–Crippen LogP) is -1.04. The van der Waals surface area contributed by atoms with Crippen molar-refractivity contribution in [1.29, 1.82) is 10.7 Å². The lowest BCUT2D eigenvalue weighted by Crippen LogP contribution is -3.00. The molecule has 0 aromatic heterocycles. The molecule has 0 N–H and O–H groups in total. The first-order chi connectivity index (χ1) is 6.19. The minimum atomic E-state index is -0.712. The van der Waals surface area contributed by atoms with Gasteiger partial charge in [0.15, 0.2) is 4.98 Å². The molecule has 0 amide bonds. The molecule has 14 heavy (non-hydrogen) atoms. The van der Waals surface area contributed by atoms with Gasteiger partial charge in [-0.1, -0.05) is 0 Å². The highest BCUT2D eigenvalue weighted by molar-refractivity contribution is 5.64. The first kappa shape index (κ1) is 11.8. The van der Waals surface area contributed by atoms with E-state index in [-0.39, 0.29) is 29.3 Å². The van der Waals surface area contributed by atoms with Crippen LogP contribution in [0.25, 0.3) is 4.98 Å². The largest absolute Gasteiger partial charge is 1.00 e. The lowest BCUT2D eigenvalue weighted by molar-refractivity contribution is -0.383. The van der Waals surface area contributed by atoms with Gasteiger partial charge in [0.05, 0.1) is 16.6 Å². The summed E-state index contributed by atoms with van der Waals surface area (Å²) in [5, 5.41) is 27.2. The van der Waals surface area contributed by atoms with Crippen LogP contribution in [0.3, 0.4) is 0 Å². The second kappa shape index (κ2) is 4.75. The van der Waals surface area contributed by atoms with Crippen LogP contribution in [0.2, 0.25) is 0 Å². The lowest BCUT2D eigenvalue weighted by atomic mass is 10.2. The molecule has 0 aliphatic rings. The number of nitriles is 1. The quantitative estimate of drug-likeness (QED) is 0.336. The zero-order chi connectivity index (χ0) is 9.84. The van der Waals surface area contributed by atoms with Gasteiger partial charge in [-0.3, -0.25) is 10.1 Å². The van der Waals surface area contributed by atoms with E-state index in [1.165, 1.54) is 12.1 Å². The van der Waals surface area contributed by atoms with Crippen LogP contribution in [0.4, 0.5) is 11.4 Å². The van der Waals surface area contributed by atoms with E-state index < -0.39 is 4.92 Å². The predicted molar refractivity (Wildman–Crippen MR) is 42.6 cm³/mol. The average Bonchev–Trinajstić information content (AvgIpc) is 2.16. The van der Waals surface area contributed by atoms with E-state index in [2.05, 4.69) is 4.98 Å². The Labute approximate surface area is 85.0 Å². The molecule has 1 aromatic rings. The number of nitrogens with zero attached hydrogens (tertiary/aromatic N) is 4. The van der Waals surface area contributed by atoms with Gasteiger partial charge in [0, 0.05) is 12.1 Å². The van der Waals surface area contributed by atoms with Crippen LogP contribution in [0.15, 0.2) is 18.2 Å². The van der Waals surface area contributed by atoms with Crippen LogP contribution >= 0.6 is 0 Å². The van der Waals surface area contributed by atoms with Crippen molar-refractivity contribution in [3.05, 3.63) is 38.9 Å². The molecule has 7 heteroatoms. The summed E-state index contributed by atoms with van der Waals surface area (Å²) in [6.07, 6.45) is 0. The number of benzene rings is 1. The standard InChI is InChI=1S/C7H3N4O2.ClH/c8-4-5-1-2-6(10-9)7(3-5)11(12)13;/h1-3H;1H/q+1;/p-1. The van der Waals surface area contributed by atoms with E-state index in [0.717, 1.165) is 6.07 Å². The summed E-state index contributed by atoms with van der Waals surface area (Å²) >= 11 is 0. The van der Waals surface area contributed by atoms with Gasteiger partial charge in [-0.25, -0.2) is 0 Å². The highest BCUT2D eigenvalue weighted by Crippen LogP contribution is 2.27. The summed E-state index contributed by atoms with van der Waals surface area (Å²) in [4.78, 5) is 12.4. The van der Waals surface area contributed by atoms with Gasteiger partial charge < -0.3 is 12.4 Å². The molecule has 70 valence electrons. The van der Waals surface area contributed by atoms with Crippen LogP contribution in [-0.4, -0.2) is 4.92 Å². The summed E-state index contributed by atoms with van der Waals surface area (Å²) < 4.78 is 0. The highest BCUT2D eigenvalue weighted by Gasteiger charge is 2.24. The molecule has 1 aromatic carbocycles. The maximum Gasteiger partial charge on any atom is 0.461 e. The molecule has 0 aliphatic heterocycles. The normalized spacial score (nSPS) is 7.86. The van der Waals surface area contributed by atoms with E-state index in [1.807, 2.05) is 0 Å². The number of hydrogen-bond donors (Lipinski definition) is 0. The van der Waals surface area contributed by atoms with Crippen molar-refractivity contribution in [1.82, 2.24) is 0 Å². The van der Waals surface area contributed by atoms with Crippen LogP contribution in [0, 0.1) is 26.8 Å². The Morgan fingerprint density at radius 3 is 2.57 bits per heavy atom. The fourth-order valence-electron chi connectivity index (χ4n) is 0.824. The van der Waals surface area contributed by atoms with E-state index >= 15 is 0 Å². The summed E-state index contributed by atoms with van der Waals surface area (Å²) in [6, 6.07) is 5.34. The van der Waals surface area contributed by atoms with Crippen molar-refractivity contribution in [3.8, 4) is 6.07 Å². The van der Waals surface area contributed by atoms with Gasteiger partial charge >= 0.3 is 11.4 Å². The maximum atomic E-state index is 10.4. The number of nitro benzene ring substituents is 1. The third kappa shape index (κ3) is 2.16. The second-order valence-electron chi connectivity index (χ2n) is 2.17. The zero-order valence-corrected chi connectivity index (χ0v) is 7.47. The zero-order valence-electron chi connectivity index (χ0n) is 6.72. The van der Waals surface area contributed by atoms with E-state index in [0.29, 0.717) is 0 Å². The number of halogens is 1. The molecular formula is C7H3ClN4O2. The molecule has 0 spiro atoms.